The maximum Gasteiger partial charge on any atom is 0.282 e. The average molecular weight is 303 g/mol. The van der Waals surface area contributed by atoms with Gasteiger partial charge in [-0.1, -0.05) is 25.7 Å². The molecular formula is C14H29N3O2S. The maximum absolute atomic E-state index is 13.0. The Kier molecular flexibility index (Phi) is 5.45. The molecule has 0 radical (unpaired) electrons. The molecular weight excluding hydrogens is 274 g/mol. The smallest absolute Gasteiger partial charge is 0.282 e. The molecule has 2 rings (SSSR count). The van der Waals surface area contributed by atoms with Gasteiger partial charge in [-0.15, -0.1) is 0 Å². The fraction of sp³-hybridized carbons (Fsp3) is 1.00. The number of rotatable bonds is 4. The molecule has 1 heterocycles. The largest absolute Gasteiger partial charge is 0.329 e. The normalized spacial score (nSPS) is 30.8. The van der Waals surface area contributed by atoms with Crippen molar-refractivity contribution < 1.29 is 8.42 Å². The number of piperidine rings is 1. The minimum atomic E-state index is -3.39. The van der Waals surface area contributed by atoms with Gasteiger partial charge in [0.05, 0.1) is 0 Å². The zero-order valence-corrected chi connectivity index (χ0v) is 13.6. The first kappa shape index (κ1) is 16.2. The second-order valence-corrected chi connectivity index (χ2v) is 8.21. The fourth-order valence-electron chi connectivity index (χ4n) is 3.68. The molecule has 2 fully saturated rings. The second kappa shape index (κ2) is 6.73. The Balaban J connectivity index is 2.17. The summed E-state index contributed by atoms with van der Waals surface area (Å²) >= 11 is 0. The Bertz CT molecular complexity index is 407. The molecule has 1 aliphatic carbocycles. The molecule has 2 unspecified atom stereocenters. The molecule has 0 spiro atoms. The van der Waals surface area contributed by atoms with Crippen LogP contribution in [0, 0.1) is 0 Å². The van der Waals surface area contributed by atoms with Gasteiger partial charge in [0, 0.05) is 31.7 Å². The Hall–Kier alpha value is -0.170. The van der Waals surface area contributed by atoms with E-state index in [0.717, 1.165) is 44.9 Å². The molecule has 0 aromatic rings. The van der Waals surface area contributed by atoms with Gasteiger partial charge in [-0.25, -0.2) is 0 Å². The topological polar surface area (TPSA) is 66.6 Å². The van der Waals surface area contributed by atoms with E-state index in [0.29, 0.717) is 6.54 Å². The zero-order valence-electron chi connectivity index (χ0n) is 12.8. The summed E-state index contributed by atoms with van der Waals surface area (Å²) in [4.78, 5) is 0. The number of hydrogen-bond donors (Lipinski definition) is 1. The van der Waals surface area contributed by atoms with E-state index in [4.69, 9.17) is 5.73 Å². The third-order valence-corrected chi connectivity index (χ3v) is 7.16. The Morgan fingerprint density at radius 3 is 2.35 bits per heavy atom. The SMILES string of the molecule is CC1CCCC(CN)N1S(=O)(=O)N(C)C1CCCCC1. The molecule has 0 bridgehead atoms. The molecule has 2 atom stereocenters. The molecule has 118 valence electrons. The monoisotopic (exact) mass is 303 g/mol. The Morgan fingerprint density at radius 1 is 1.10 bits per heavy atom. The fourth-order valence-corrected chi connectivity index (χ4v) is 5.70. The van der Waals surface area contributed by atoms with Crippen LogP contribution in [0.2, 0.25) is 0 Å². The van der Waals surface area contributed by atoms with Gasteiger partial charge in [-0.05, 0) is 32.6 Å². The van der Waals surface area contributed by atoms with Crippen LogP contribution >= 0.6 is 0 Å². The number of nitrogens with two attached hydrogens (primary N) is 1. The van der Waals surface area contributed by atoms with E-state index in [2.05, 4.69) is 0 Å². The van der Waals surface area contributed by atoms with Crippen molar-refractivity contribution in [3.63, 3.8) is 0 Å². The van der Waals surface area contributed by atoms with Crippen LogP contribution in [-0.2, 0) is 10.2 Å². The van der Waals surface area contributed by atoms with E-state index in [9.17, 15) is 8.42 Å². The van der Waals surface area contributed by atoms with Gasteiger partial charge in [0.2, 0.25) is 0 Å². The van der Waals surface area contributed by atoms with Crippen molar-refractivity contribution in [2.24, 2.45) is 5.73 Å². The van der Waals surface area contributed by atoms with Gasteiger partial charge in [-0.2, -0.15) is 17.0 Å². The second-order valence-electron chi connectivity index (χ2n) is 6.32. The van der Waals surface area contributed by atoms with Crippen molar-refractivity contribution in [1.29, 1.82) is 0 Å². The minimum Gasteiger partial charge on any atom is -0.329 e. The van der Waals surface area contributed by atoms with Gasteiger partial charge < -0.3 is 5.73 Å². The van der Waals surface area contributed by atoms with Crippen LogP contribution in [0.1, 0.15) is 58.3 Å². The molecule has 5 nitrogen and oxygen atoms in total. The van der Waals surface area contributed by atoms with Crippen LogP contribution in [-0.4, -0.2) is 48.7 Å². The molecule has 2 N–H and O–H groups in total. The highest BCUT2D eigenvalue weighted by molar-refractivity contribution is 7.86. The molecule has 0 aromatic heterocycles. The molecule has 1 aliphatic heterocycles. The molecule has 6 heteroatoms. The summed E-state index contributed by atoms with van der Waals surface area (Å²) in [6, 6.07) is 0.199. The van der Waals surface area contributed by atoms with Crippen LogP contribution in [0.4, 0.5) is 0 Å². The zero-order chi connectivity index (χ0) is 14.8. The predicted octanol–water partition coefficient (Wildman–Crippen LogP) is 1.70. The highest BCUT2D eigenvalue weighted by atomic mass is 32.2. The van der Waals surface area contributed by atoms with E-state index in [1.165, 1.54) is 6.42 Å². The van der Waals surface area contributed by atoms with E-state index in [1.807, 2.05) is 6.92 Å². The molecule has 0 amide bonds. The lowest BCUT2D eigenvalue weighted by Gasteiger charge is -2.43. The predicted molar refractivity (Wildman–Crippen MR) is 81.6 cm³/mol. The molecule has 20 heavy (non-hydrogen) atoms. The van der Waals surface area contributed by atoms with Crippen LogP contribution in [0.5, 0.6) is 0 Å². The van der Waals surface area contributed by atoms with Crippen molar-refractivity contribution in [2.75, 3.05) is 13.6 Å². The lowest BCUT2D eigenvalue weighted by atomic mass is 9.96. The number of nitrogens with zero attached hydrogens (tertiary/aromatic N) is 2. The lowest BCUT2D eigenvalue weighted by molar-refractivity contribution is 0.172. The van der Waals surface area contributed by atoms with Gasteiger partial charge >= 0.3 is 0 Å². The molecule has 1 saturated heterocycles. The maximum atomic E-state index is 13.0. The summed E-state index contributed by atoms with van der Waals surface area (Å²) in [5, 5.41) is 0. The van der Waals surface area contributed by atoms with Gasteiger partial charge in [0.1, 0.15) is 0 Å². The van der Waals surface area contributed by atoms with Crippen LogP contribution < -0.4 is 5.73 Å². The highest BCUT2D eigenvalue weighted by Gasteiger charge is 2.40. The third-order valence-electron chi connectivity index (χ3n) is 4.94. The summed E-state index contributed by atoms with van der Waals surface area (Å²) < 4.78 is 29.2. The van der Waals surface area contributed by atoms with Crippen LogP contribution in [0.3, 0.4) is 0 Å². The summed E-state index contributed by atoms with van der Waals surface area (Å²) in [7, 11) is -1.64. The summed E-state index contributed by atoms with van der Waals surface area (Å²) in [6.45, 7) is 2.43. The van der Waals surface area contributed by atoms with E-state index in [1.54, 1.807) is 15.7 Å². The van der Waals surface area contributed by atoms with Crippen LogP contribution in [0.25, 0.3) is 0 Å². The van der Waals surface area contributed by atoms with Gasteiger partial charge in [-0.3, -0.25) is 0 Å². The van der Waals surface area contributed by atoms with Crippen LogP contribution in [0.15, 0.2) is 0 Å². The van der Waals surface area contributed by atoms with Crippen molar-refractivity contribution in [1.82, 2.24) is 8.61 Å². The van der Waals surface area contributed by atoms with E-state index >= 15 is 0 Å². The molecule has 1 saturated carbocycles. The summed E-state index contributed by atoms with van der Waals surface area (Å²) in [6.07, 6.45) is 8.39. The standard InChI is InChI=1S/C14H29N3O2S/c1-12-7-6-10-14(11-15)17(12)20(18,19)16(2)13-8-4-3-5-9-13/h12-14H,3-11,15H2,1-2H3. The van der Waals surface area contributed by atoms with E-state index in [-0.39, 0.29) is 18.1 Å². The van der Waals surface area contributed by atoms with Crippen molar-refractivity contribution in [2.45, 2.75) is 76.4 Å². The van der Waals surface area contributed by atoms with Gasteiger partial charge in [0.15, 0.2) is 0 Å². The van der Waals surface area contributed by atoms with Gasteiger partial charge in [0.25, 0.3) is 10.2 Å². The third kappa shape index (κ3) is 3.18. The number of hydrogen-bond acceptors (Lipinski definition) is 3. The lowest BCUT2D eigenvalue weighted by Crippen LogP contribution is -2.57. The first-order chi connectivity index (χ1) is 9.48. The Labute approximate surface area is 123 Å². The van der Waals surface area contributed by atoms with Crippen molar-refractivity contribution >= 4 is 10.2 Å². The summed E-state index contributed by atoms with van der Waals surface area (Å²) in [5.41, 5.74) is 5.81. The highest BCUT2D eigenvalue weighted by Crippen LogP contribution is 2.30. The first-order valence-electron chi connectivity index (χ1n) is 7.95. The van der Waals surface area contributed by atoms with Crippen molar-refractivity contribution in [3.8, 4) is 0 Å². The Morgan fingerprint density at radius 2 is 1.75 bits per heavy atom. The quantitative estimate of drug-likeness (QED) is 0.859. The first-order valence-corrected chi connectivity index (χ1v) is 9.34. The minimum absolute atomic E-state index is 0.0326. The average Bonchev–Trinajstić information content (AvgIpc) is 2.46. The molecule has 2 aliphatic rings. The summed E-state index contributed by atoms with van der Waals surface area (Å²) in [5.74, 6) is 0. The van der Waals surface area contributed by atoms with Crippen molar-refractivity contribution in [3.05, 3.63) is 0 Å². The van der Waals surface area contributed by atoms with E-state index < -0.39 is 10.2 Å². The molecule has 0 aromatic carbocycles.